The molecule has 2 N–H and O–H groups in total. The number of aromatic nitrogens is 3. The summed E-state index contributed by atoms with van der Waals surface area (Å²) in [7, 11) is 0. The minimum atomic E-state index is 0.383. The Kier molecular flexibility index (Phi) is 3.47. The summed E-state index contributed by atoms with van der Waals surface area (Å²) in [5.74, 6) is 0.383. The van der Waals surface area contributed by atoms with Crippen molar-refractivity contribution in [1.82, 2.24) is 14.6 Å². The Morgan fingerprint density at radius 2 is 1.95 bits per heavy atom. The third-order valence-electron chi connectivity index (χ3n) is 3.04. The Hall–Kier alpha value is -2.95. The predicted molar refractivity (Wildman–Crippen MR) is 84.0 cm³/mol. The Bertz CT molecular complexity index is 757. The lowest BCUT2D eigenvalue weighted by Crippen LogP contribution is -1.96. The van der Waals surface area contributed by atoms with Gasteiger partial charge in [0.15, 0.2) is 0 Å². The highest BCUT2D eigenvalue weighted by molar-refractivity contribution is 5.80. The van der Waals surface area contributed by atoms with Crippen LogP contribution in [0.5, 0.6) is 0 Å². The van der Waals surface area contributed by atoms with Gasteiger partial charge < -0.3 is 5.73 Å². The van der Waals surface area contributed by atoms with Gasteiger partial charge in [0.05, 0.1) is 23.8 Å². The molecule has 0 fully saturated rings. The Labute approximate surface area is 122 Å². The van der Waals surface area contributed by atoms with Crippen LogP contribution in [0.15, 0.2) is 60.0 Å². The number of imidazole rings is 1. The van der Waals surface area contributed by atoms with Crippen LogP contribution in [0.3, 0.4) is 0 Å². The van der Waals surface area contributed by atoms with Gasteiger partial charge in [0, 0.05) is 11.8 Å². The number of nitrogens with zero attached hydrogens (tertiary/aromatic N) is 4. The third-order valence-corrected chi connectivity index (χ3v) is 3.04. The van der Waals surface area contributed by atoms with E-state index in [0.29, 0.717) is 5.95 Å². The molecular formula is C16H15N5. The monoisotopic (exact) mass is 277 g/mol. The average Bonchev–Trinajstić information content (AvgIpc) is 2.84. The summed E-state index contributed by atoms with van der Waals surface area (Å²) >= 11 is 0. The molecule has 0 saturated carbocycles. The average molecular weight is 277 g/mol. The fourth-order valence-electron chi connectivity index (χ4n) is 2.00. The quantitative estimate of drug-likeness (QED) is 0.748. The van der Waals surface area contributed by atoms with E-state index < -0.39 is 0 Å². The van der Waals surface area contributed by atoms with Crippen molar-refractivity contribution < 1.29 is 0 Å². The van der Waals surface area contributed by atoms with Crippen LogP contribution in [0.4, 0.5) is 5.95 Å². The number of anilines is 1. The zero-order valence-electron chi connectivity index (χ0n) is 11.6. The van der Waals surface area contributed by atoms with Gasteiger partial charge in [0.2, 0.25) is 5.95 Å². The molecule has 104 valence electrons. The summed E-state index contributed by atoms with van der Waals surface area (Å²) in [5, 5.41) is 4.29. The van der Waals surface area contributed by atoms with E-state index in [1.165, 1.54) is 0 Å². The summed E-state index contributed by atoms with van der Waals surface area (Å²) < 4.78 is 1.56. The first-order valence-electron chi connectivity index (χ1n) is 6.60. The molecule has 0 aliphatic rings. The number of nitrogen functional groups attached to an aromatic ring is 1. The number of hydrogen-bond donors (Lipinski definition) is 1. The zero-order chi connectivity index (χ0) is 14.7. The minimum Gasteiger partial charge on any atom is -0.368 e. The second-order valence-electron chi connectivity index (χ2n) is 4.67. The van der Waals surface area contributed by atoms with Crippen molar-refractivity contribution in [2.45, 2.75) is 6.92 Å². The molecular weight excluding hydrogens is 262 g/mol. The van der Waals surface area contributed by atoms with Gasteiger partial charge in [-0.25, -0.2) is 9.66 Å². The van der Waals surface area contributed by atoms with Crippen LogP contribution in [0.25, 0.3) is 11.3 Å². The number of pyridine rings is 1. The Morgan fingerprint density at radius 1 is 1.14 bits per heavy atom. The Balaban J connectivity index is 1.80. The molecule has 3 aromatic rings. The van der Waals surface area contributed by atoms with Crippen LogP contribution in [0.1, 0.15) is 11.3 Å². The first-order chi connectivity index (χ1) is 10.2. The normalized spacial score (nSPS) is 11.1. The Morgan fingerprint density at radius 3 is 2.57 bits per heavy atom. The highest BCUT2D eigenvalue weighted by Gasteiger charge is 1.99. The van der Waals surface area contributed by atoms with Crippen LogP contribution in [0.2, 0.25) is 0 Å². The molecule has 5 nitrogen and oxygen atoms in total. The van der Waals surface area contributed by atoms with Gasteiger partial charge in [0.1, 0.15) is 0 Å². The molecule has 2 heterocycles. The van der Waals surface area contributed by atoms with Crippen molar-refractivity contribution in [3.63, 3.8) is 0 Å². The van der Waals surface area contributed by atoms with E-state index in [9.17, 15) is 0 Å². The number of benzene rings is 1. The molecule has 2 aromatic heterocycles. The summed E-state index contributed by atoms with van der Waals surface area (Å²) in [4.78, 5) is 8.42. The summed E-state index contributed by atoms with van der Waals surface area (Å²) in [5.41, 5.74) is 9.59. The largest absolute Gasteiger partial charge is 0.368 e. The van der Waals surface area contributed by atoms with Gasteiger partial charge in [-0.3, -0.25) is 4.98 Å². The minimum absolute atomic E-state index is 0.383. The molecule has 0 amide bonds. The van der Waals surface area contributed by atoms with Gasteiger partial charge in [-0.05, 0) is 24.6 Å². The maximum Gasteiger partial charge on any atom is 0.221 e. The van der Waals surface area contributed by atoms with Crippen LogP contribution < -0.4 is 5.73 Å². The maximum absolute atomic E-state index is 5.74. The van der Waals surface area contributed by atoms with Crippen LogP contribution >= 0.6 is 0 Å². The van der Waals surface area contributed by atoms with E-state index in [2.05, 4.69) is 15.1 Å². The van der Waals surface area contributed by atoms with E-state index >= 15 is 0 Å². The second-order valence-corrected chi connectivity index (χ2v) is 4.67. The maximum atomic E-state index is 5.74. The summed E-state index contributed by atoms with van der Waals surface area (Å²) in [6, 6.07) is 13.9. The number of aryl methyl sites for hydroxylation is 1. The molecule has 0 bridgehead atoms. The van der Waals surface area contributed by atoms with Crippen LogP contribution in [-0.2, 0) is 0 Å². The molecule has 1 aromatic carbocycles. The van der Waals surface area contributed by atoms with Crippen LogP contribution in [-0.4, -0.2) is 20.9 Å². The number of nitrogens with two attached hydrogens (primary N) is 1. The van der Waals surface area contributed by atoms with E-state index in [0.717, 1.165) is 22.5 Å². The lowest BCUT2D eigenvalue weighted by molar-refractivity contribution is 0.897. The first-order valence-corrected chi connectivity index (χ1v) is 6.60. The predicted octanol–water partition coefficient (Wildman–Crippen LogP) is 2.72. The van der Waals surface area contributed by atoms with Crippen molar-refractivity contribution >= 4 is 12.2 Å². The molecule has 0 aliphatic heterocycles. The molecule has 0 aliphatic carbocycles. The van der Waals surface area contributed by atoms with Crippen molar-refractivity contribution in [3.8, 4) is 11.3 Å². The second kappa shape index (κ2) is 5.58. The molecule has 0 radical (unpaired) electrons. The summed E-state index contributed by atoms with van der Waals surface area (Å²) in [6.07, 6.45) is 5.32. The topological polar surface area (TPSA) is 69.1 Å². The van der Waals surface area contributed by atoms with Gasteiger partial charge in [0.25, 0.3) is 0 Å². The molecule has 0 spiro atoms. The summed E-state index contributed by atoms with van der Waals surface area (Å²) in [6.45, 7) is 1.88. The van der Waals surface area contributed by atoms with Gasteiger partial charge in [-0.2, -0.15) is 5.10 Å². The standard InChI is InChI=1S/C16H15N5/c1-12-11-21(16(17)20-12)19-10-13-5-7-14(8-6-13)15-4-2-3-9-18-15/h2-11H,1H3,(H2,17,20). The van der Waals surface area contributed by atoms with Crippen molar-refractivity contribution in [2.24, 2.45) is 5.10 Å². The van der Waals surface area contributed by atoms with E-state index in [-0.39, 0.29) is 0 Å². The third kappa shape index (κ3) is 2.97. The van der Waals surface area contributed by atoms with Crippen LogP contribution in [0, 0.1) is 6.92 Å². The van der Waals surface area contributed by atoms with E-state index in [4.69, 9.17) is 5.73 Å². The highest BCUT2D eigenvalue weighted by Crippen LogP contribution is 2.16. The van der Waals surface area contributed by atoms with E-state index in [1.54, 1.807) is 23.3 Å². The van der Waals surface area contributed by atoms with Gasteiger partial charge in [-0.15, -0.1) is 0 Å². The number of rotatable bonds is 3. The SMILES string of the molecule is Cc1cn(N=Cc2ccc(-c3ccccn3)cc2)c(N)n1. The molecule has 0 unspecified atom stereocenters. The first kappa shape index (κ1) is 13.1. The fraction of sp³-hybridized carbons (Fsp3) is 0.0625. The molecule has 21 heavy (non-hydrogen) atoms. The van der Waals surface area contributed by atoms with E-state index in [1.807, 2.05) is 49.4 Å². The smallest absolute Gasteiger partial charge is 0.221 e. The highest BCUT2D eigenvalue weighted by atomic mass is 15.4. The fourth-order valence-corrected chi connectivity index (χ4v) is 2.00. The molecule has 0 saturated heterocycles. The van der Waals surface area contributed by atoms with Gasteiger partial charge in [-0.1, -0.05) is 30.3 Å². The lowest BCUT2D eigenvalue weighted by Gasteiger charge is -2.01. The lowest BCUT2D eigenvalue weighted by atomic mass is 10.1. The van der Waals surface area contributed by atoms with Crippen molar-refractivity contribution in [2.75, 3.05) is 5.73 Å². The van der Waals surface area contributed by atoms with Crippen molar-refractivity contribution in [1.29, 1.82) is 0 Å². The number of hydrogen-bond acceptors (Lipinski definition) is 4. The zero-order valence-corrected chi connectivity index (χ0v) is 11.6. The molecule has 3 rings (SSSR count). The van der Waals surface area contributed by atoms with Crippen molar-refractivity contribution in [3.05, 3.63) is 66.1 Å². The molecule has 5 heteroatoms. The van der Waals surface area contributed by atoms with Gasteiger partial charge >= 0.3 is 0 Å². The molecule has 0 atom stereocenters.